The van der Waals surface area contributed by atoms with Gasteiger partial charge in [0.25, 0.3) is 0 Å². The van der Waals surface area contributed by atoms with E-state index in [1.807, 2.05) is 45.0 Å². The first-order valence-electron chi connectivity index (χ1n) is 8.38. The van der Waals surface area contributed by atoms with Crippen molar-refractivity contribution < 1.29 is 9.26 Å². The second-order valence-electron chi connectivity index (χ2n) is 6.66. The van der Waals surface area contributed by atoms with Crippen LogP contribution in [0.25, 0.3) is 0 Å². The Labute approximate surface area is 148 Å². The van der Waals surface area contributed by atoms with Crippen LogP contribution in [0.3, 0.4) is 0 Å². The molecule has 2 N–H and O–H groups in total. The summed E-state index contributed by atoms with van der Waals surface area (Å²) in [5.74, 6) is 2.85. The zero-order valence-electron chi connectivity index (χ0n) is 15.6. The molecule has 25 heavy (non-hydrogen) atoms. The predicted molar refractivity (Wildman–Crippen MR) is 97.8 cm³/mol. The summed E-state index contributed by atoms with van der Waals surface area (Å²) >= 11 is 0. The van der Waals surface area contributed by atoms with Gasteiger partial charge in [-0.1, -0.05) is 23.4 Å². The summed E-state index contributed by atoms with van der Waals surface area (Å²) in [6.07, 6.45) is 0.644. The summed E-state index contributed by atoms with van der Waals surface area (Å²) in [4.78, 5) is 8.41. The molecule has 0 aliphatic rings. The van der Waals surface area contributed by atoms with Crippen LogP contribution in [-0.4, -0.2) is 35.3 Å². The lowest BCUT2D eigenvalue weighted by Gasteiger charge is -2.23. The highest BCUT2D eigenvalue weighted by Gasteiger charge is 2.14. The molecule has 0 radical (unpaired) electrons. The zero-order chi connectivity index (χ0) is 18.3. The van der Waals surface area contributed by atoms with Crippen molar-refractivity contribution in [3.05, 3.63) is 41.5 Å². The Bertz CT molecular complexity index is 703. The summed E-state index contributed by atoms with van der Waals surface area (Å²) in [5, 5.41) is 10.3. The molecule has 7 nitrogen and oxygen atoms in total. The maximum Gasteiger partial charge on any atom is 0.228 e. The molecule has 0 amide bonds. The van der Waals surface area contributed by atoms with Crippen LogP contribution in [-0.2, 0) is 13.0 Å². The standard InChI is InChI=1S/C18H27N5O2/c1-13-22-16(25-23-13)10-11-20-17(19-5)21-12-14-8-6-7-9-15(14)24-18(2,3)4/h6-9H,10-12H2,1-5H3,(H2,19,20,21). The lowest BCUT2D eigenvalue weighted by atomic mass is 10.1. The van der Waals surface area contributed by atoms with Gasteiger partial charge >= 0.3 is 0 Å². The number of guanidine groups is 1. The van der Waals surface area contributed by atoms with Gasteiger partial charge in [-0.3, -0.25) is 4.99 Å². The minimum absolute atomic E-state index is 0.238. The van der Waals surface area contributed by atoms with Crippen molar-refractivity contribution in [2.45, 2.75) is 46.3 Å². The lowest BCUT2D eigenvalue weighted by molar-refractivity contribution is 0.129. The highest BCUT2D eigenvalue weighted by atomic mass is 16.5. The molecule has 0 saturated carbocycles. The van der Waals surface area contributed by atoms with Gasteiger partial charge in [0.1, 0.15) is 11.4 Å². The molecule has 0 aliphatic carbocycles. The van der Waals surface area contributed by atoms with Gasteiger partial charge in [-0.2, -0.15) is 4.98 Å². The smallest absolute Gasteiger partial charge is 0.228 e. The average molecular weight is 345 g/mol. The van der Waals surface area contributed by atoms with Crippen molar-refractivity contribution in [1.29, 1.82) is 0 Å². The molecule has 136 valence electrons. The van der Waals surface area contributed by atoms with Crippen molar-refractivity contribution in [1.82, 2.24) is 20.8 Å². The highest BCUT2D eigenvalue weighted by molar-refractivity contribution is 5.79. The summed E-state index contributed by atoms with van der Waals surface area (Å²) in [6, 6.07) is 8.00. The molecular formula is C18H27N5O2. The fourth-order valence-electron chi connectivity index (χ4n) is 2.21. The van der Waals surface area contributed by atoms with E-state index in [0.717, 1.165) is 11.3 Å². The van der Waals surface area contributed by atoms with E-state index in [0.29, 0.717) is 37.2 Å². The fraction of sp³-hybridized carbons (Fsp3) is 0.500. The number of benzene rings is 1. The number of aryl methyl sites for hydroxylation is 1. The number of aromatic nitrogens is 2. The van der Waals surface area contributed by atoms with Crippen LogP contribution in [0.15, 0.2) is 33.8 Å². The number of nitrogens with zero attached hydrogens (tertiary/aromatic N) is 3. The Morgan fingerprint density at radius 3 is 2.64 bits per heavy atom. The summed E-state index contributed by atoms with van der Waals surface area (Å²) in [6.45, 7) is 9.19. The molecule has 0 fully saturated rings. The Morgan fingerprint density at radius 2 is 2.00 bits per heavy atom. The average Bonchev–Trinajstić information content (AvgIpc) is 2.96. The third-order valence-electron chi connectivity index (χ3n) is 3.26. The third-order valence-corrected chi connectivity index (χ3v) is 3.26. The third kappa shape index (κ3) is 6.45. The Balaban J connectivity index is 1.86. The molecule has 1 aromatic carbocycles. The molecule has 0 saturated heterocycles. The van der Waals surface area contributed by atoms with Gasteiger partial charge in [0.2, 0.25) is 5.89 Å². The topological polar surface area (TPSA) is 84.6 Å². The number of aliphatic imine (C=N–C) groups is 1. The maximum absolute atomic E-state index is 6.01. The second-order valence-corrected chi connectivity index (χ2v) is 6.66. The Morgan fingerprint density at radius 1 is 1.24 bits per heavy atom. The van der Waals surface area contributed by atoms with E-state index in [9.17, 15) is 0 Å². The molecule has 0 aliphatic heterocycles. The molecule has 0 unspecified atom stereocenters. The van der Waals surface area contributed by atoms with Crippen molar-refractivity contribution in [3.63, 3.8) is 0 Å². The van der Waals surface area contributed by atoms with Gasteiger partial charge in [-0.15, -0.1) is 0 Å². The summed E-state index contributed by atoms with van der Waals surface area (Å²) in [7, 11) is 1.74. The van der Waals surface area contributed by atoms with Crippen molar-refractivity contribution in [3.8, 4) is 5.75 Å². The summed E-state index contributed by atoms with van der Waals surface area (Å²) in [5.41, 5.74) is 0.839. The number of hydrogen-bond acceptors (Lipinski definition) is 5. The number of hydrogen-bond donors (Lipinski definition) is 2. The van der Waals surface area contributed by atoms with Gasteiger partial charge < -0.3 is 19.9 Å². The Kier molecular flexibility index (Phi) is 6.38. The normalized spacial score (nSPS) is 12.1. The first kappa shape index (κ1) is 18.8. The lowest BCUT2D eigenvalue weighted by Crippen LogP contribution is -2.38. The van der Waals surface area contributed by atoms with Crippen LogP contribution in [0.4, 0.5) is 0 Å². The zero-order valence-corrected chi connectivity index (χ0v) is 15.6. The molecule has 0 atom stereocenters. The molecule has 0 spiro atoms. The first-order valence-corrected chi connectivity index (χ1v) is 8.38. The quantitative estimate of drug-likeness (QED) is 0.618. The van der Waals surface area contributed by atoms with Crippen LogP contribution in [0.1, 0.15) is 38.0 Å². The van der Waals surface area contributed by atoms with Crippen molar-refractivity contribution in [2.24, 2.45) is 4.99 Å². The SMILES string of the molecule is CN=C(NCCc1nc(C)no1)NCc1ccccc1OC(C)(C)C. The number of ether oxygens (including phenoxy) is 1. The highest BCUT2D eigenvalue weighted by Crippen LogP contribution is 2.22. The van der Waals surface area contributed by atoms with Crippen LogP contribution in [0, 0.1) is 6.92 Å². The molecule has 2 rings (SSSR count). The van der Waals surface area contributed by atoms with E-state index in [-0.39, 0.29) is 5.60 Å². The monoisotopic (exact) mass is 345 g/mol. The number of rotatable bonds is 6. The number of nitrogens with one attached hydrogen (secondary N) is 2. The van der Waals surface area contributed by atoms with E-state index in [2.05, 4.69) is 25.8 Å². The molecule has 1 aromatic heterocycles. The van der Waals surface area contributed by atoms with Gasteiger partial charge in [0.05, 0.1) is 0 Å². The van der Waals surface area contributed by atoms with E-state index in [1.54, 1.807) is 14.0 Å². The van der Waals surface area contributed by atoms with Gasteiger partial charge in [-0.05, 0) is 33.8 Å². The van der Waals surface area contributed by atoms with E-state index >= 15 is 0 Å². The molecule has 0 bridgehead atoms. The van der Waals surface area contributed by atoms with Crippen LogP contribution in [0.5, 0.6) is 5.75 Å². The van der Waals surface area contributed by atoms with Crippen LogP contribution >= 0.6 is 0 Å². The van der Waals surface area contributed by atoms with Crippen molar-refractivity contribution in [2.75, 3.05) is 13.6 Å². The Hall–Kier alpha value is -2.57. The van der Waals surface area contributed by atoms with Gasteiger partial charge in [-0.25, -0.2) is 0 Å². The summed E-state index contributed by atoms with van der Waals surface area (Å²) < 4.78 is 11.1. The minimum Gasteiger partial charge on any atom is -0.488 e. The predicted octanol–water partition coefficient (Wildman–Crippen LogP) is 2.46. The molecule has 2 aromatic rings. The van der Waals surface area contributed by atoms with E-state index in [4.69, 9.17) is 9.26 Å². The fourth-order valence-corrected chi connectivity index (χ4v) is 2.21. The maximum atomic E-state index is 6.01. The number of para-hydroxylation sites is 1. The first-order chi connectivity index (χ1) is 11.9. The molecular weight excluding hydrogens is 318 g/mol. The van der Waals surface area contributed by atoms with Crippen LogP contribution in [0.2, 0.25) is 0 Å². The van der Waals surface area contributed by atoms with E-state index in [1.165, 1.54) is 0 Å². The van der Waals surface area contributed by atoms with Gasteiger partial charge in [0, 0.05) is 32.1 Å². The second kappa shape index (κ2) is 8.50. The molecule has 7 heteroatoms. The van der Waals surface area contributed by atoms with Gasteiger partial charge in [0.15, 0.2) is 11.8 Å². The van der Waals surface area contributed by atoms with E-state index < -0.39 is 0 Å². The largest absolute Gasteiger partial charge is 0.488 e. The minimum atomic E-state index is -0.238. The van der Waals surface area contributed by atoms with Crippen LogP contribution < -0.4 is 15.4 Å². The van der Waals surface area contributed by atoms with Crippen molar-refractivity contribution >= 4 is 5.96 Å². The molecule has 1 heterocycles.